The van der Waals surface area contributed by atoms with E-state index in [0.29, 0.717) is 22.6 Å². The summed E-state index contributed by atoms with van der Waals surface area (Å²) in [7, 11) is 1.33. The number of rotatable bonds is 6. The monoisotopic (exact) mass is 387 g/mol. The van der Waals surface area contributed by atoms with E-state index < -0.39 is 6.61 Å². The average Bonchev–Trinajstić information content (AvgIpc) is 2.97. The van der Waals surface area contributed by atoms with Crippen LogP contribution in [0.1, 0.15) is 21.7 Å². The van der Waals surface area contributed by atoms with E-state index in [2.05, 4.69) is 15.2 Å². The van der Waals surface area contributed by atoms with E-state index in [9.17, 15) is 13.6 Å². The van der Waals surface area contributed by atoms with E-state index in [4.69, 9.17) is 4.74 Å². The molecule has 2 aromatic carbocycles. The fraction of sp³-hybridized carbons (Fsp3) is 0.200. The maximum absolute atomic E-state index is 12.8. The summed E-state index contributed by atoms with van der Waals surface area (Å²) in [4.78, 5) is 12.8. The number of hydrogen-bond donors (Lipinski definition) is 1. The Labute approximate surface area is 160 Å². The Morgan fingerprint density at radius 2 is 1.82 bits per heavy atom. The number of methoxy groups -OCH3 is 1. The summed E-state index contributed by atoms with van der Waals surface area (Å²) in [5, 5.41) is 7.20. The highest BCUT2D eigenvalue weighted by atomic mass is 19.3. The summed E-state index contributed by atoms with van der Waals surface area (Å²) >= 11 is 0. The van der Waals surface area contributed by atoms with E-state index in [1.807, 2.05) is 37.3 Å². The van der Waals surface area contributed by atoms with Crippen molar-refractivity contribution in [3.05, 3.63) is 65.5 Å². The molecule has 28 heavy (non-hydrogen) atoms. The maximum Gasteiger partial charge on any atom is 0.387 e. The molecule has 0 aliphatic heterocycles. The number of benzene rings is 2. The highest BCUT2D eigenvalue weighted by Crippen LogP contribution is 2.31. The van der Waals surface area contributed by atoms with Gasteiger partial charge in [0.1, 0.15) is 0 Å². The van der Waals surface area contributed by atoms with Gasteiger partial charge in [-0.25, -0.2) is 4.68 Å². The zero-order chi connectivity index (χ0) is 20.3. The number of ether oxygens (including phenoxy) is 2. The molecule has 0 radical (unpaired) electrons. The first kappa shape index (κ1) is 19.3. The molecule has 3 rings (SSSR count). The Balaban J connectivity index is 1.87. The standard InChI is InChI=1S/C20H19F2N3O3/c1-12-18(13(2)25(24-12)15-7-5-4-6-8-15)19(26)23-14-9-10-16(28-20(21)22)17(11-14)27-3/h4-11,20H,1-3H3,(H,23,26). The van der Waals surface area contributed by atoms with Crippen LogP contribution >= 0.6 is 0 Å². The van der Waals surface area contributed by atoms with Gasteiger partial charge >= 0.3 is 6.61 Å². The Morgan fingerprint density at radius 3 is 2.46 bits per heavy atom. The topological polar surface area (TPSA) is 65.4 Å². The van der Waals surface area contributed by atoms with E-state index >= 15 is 0 Å². The van der Waals surface area contributed by atoms with Crippen molar-refractivity contribution in [3.63, 3.8) is 0 Å². The van der Waals surface area contributed by atoms with E-state index in [1.54, 1.807) is 11.6 Å². The van der Waals surface area contributed by atoms with Crippen molar-refractivity contribution in [2.75, 3.05) is 12.4 Å². The zero-order valence-corrected chi connectivity index (χ0v) is 15.6. The highest BCUT2D eigenvalue weighted by molar-refractivity contribution is 6.06. The zero-order valence-electron chi connectivity index (χ0n) is 15.6. The summed E-state index contributed by atoms with van der Waals surface area (Å²) in [6.07, 6.45) is 0. The molecule has 0 fully saturated rings. The molecule has 0 atom stereocenters. The molecule has 0 saturated heterocycles. The Bertz CT molecular complexity index is 988. The van der Waals surface area contributed by atoms with Gasteiger partial charge < -0.3 is 14.8 Å². The van der Waals surface area contributed by atoms with Crippen LogP contribution in [0.3, 0.4) is 0 Å². The molecule has 146 valence electrons. The lowest BCUT2D eigenvalue weighted by atomic mass is 10.1. The highest BCUT2D eigenvalue weighted by Gasteiger charge is 2.20. The molecule has 0 bridgehead atoms. The minimum atomic E-state index is -2.97. The van der Waals surface area contributed by atoms with Crippen molar-refractivity contribution in [1.29, 1.82) is 0 Å². The minimum Gasteiger partial charge on any atom is -0.493 e. The summed E-state index contributed by atoms with van der Waals surface area (Å²) in [6.45, 7) is 0.590. The molecule has 6 nitrogen and oxygen atoms in total. The Hall–Kier alpha value is -3.42. The second kappa shape index (κ2) is 8.08. The SMILES string of the molecule is COc1cc(NC(=O)c2c(C)nn(-c3ccccc3)c2C)ccc1OC(F)F. The second-order valence-corrected chi connectivity index (χ2v) is 5.99. The molecule has 1 amide bonds. The first-order chi connectivity index (χ1) is 13.4. The first-order valence-electron chi connectivity index (χ1n) is 8.46. The number of halogens is 2. The molecule has 0 aliphatic carbocycles. The van der Waals surface area contributed by atoms with Crippen molar-refractivity contribution in [2.45, 2.75) is 20.5 Å². The quantitative estimate of drug-likeness (QED) is 0.683. The molecule has 1 N–H and O–H groups in total. The van der Waals surface area contributed by atoms with Gasteiger partial charge in [0.25, 0.3) is 5.91 Å². The number of carbonyl (C=O) groups excluding carboxylic acids is 1. The van der Waals surface area contributed by atoms with Crippen molar-refractivity contribution in [1.82, 2.24) is 9.78 Å². The van der Waals surface area contributed by atoms with Crippen LogP contribution < -0.4 is 14.8 Å². The molecule has 0 aliphatic rings. The largest absolute Gasteiger partial charge is 0.493 e. The van der Waals surface area contributed by atoms with Crippen LogP contribution in [0.25, 0.3) is 5.69 Å². The molecule has 0 saturated carbocycles. The van der Waals surface area contributed by atoms with E-state index in [-0.39, 0.29) is 17.4 Å². The van der Waals surface area contributed by atoms with Gasteiger partial charge in [-0.1, -0.05) is 18.2 Å². The third kappa shape index (κ3) is 3.95. The van der Waals surface area contributed by atoms with Crippen LogP contribution in [0.15, 0.2) is 48.5 Å². The number of amides is 1. The third-order valence-electron chi connectivity index (χ3n) is 4.16. The van der Waals surface area contributed by atoms with Gasteiger partial charge in [-0.3, -0.25) is 4.79 Å². The number of carbonyl (C=O) groups is 1. The lowest BCUT2D eigenvalue weighted by Crippen LogP contribution is -2.14. The van der Waals surface area contributed by atoms with Crippen LogP contribution in [0.5, 0.6) is 11.5 Å². The van der Waals surface area contributed by atoms with Gasteiger partial charge in [0, 0.05) is 11.8 Å². The number of aryl methyl sites for hydroxylation is 1. The van der Waals surface area contributed by atoms with Crippen LogP contribution in [0.2, 0.25) is 0 Å². The summed E-state index contributed by atoms with van der Waals surface area (Å²) < 4.78 is 36.0. The molecule has 8 heteroatoms. The number of hydrogen-bond acceptors (Lipinski definition) is 4. The van der Waals surface area contributed by atoms with Crippen molar-refractivity contribution < 1.29 is 23.0 Å². The molecule has 1 heterocycles. The summed E-state index contributed by atoms with van der Waals surface area (Å²) in [5.41, 5.74) is 2.93. The average molecular weight is 387 g/mol. The van der Waals surface area contributed by atoms with Crippen molar-refractivity contribution in [2.24, 2.45) is 0 Å². The van der Waals surface area contributed by atoms with Gasteiger partial charge in [-0.2, -0.15) is 13.9 Å². The van der Waals surface area contributed by atoms with E-state index in [1.165, 1.54) is 25.3 Å². The van der Waals surface area contributed by atoms with Gasteiger partial charge in [0.15, 0.2) is 11.5 Å². The molecule has 0 spiro atoms. The molecular weight excluding hydrogens is 368 g/mol. The lowest BCUT2D eigenvalue weighted by molar-refractivity contribution is -0.0512. The molecule has 3 aromatic rings. The van der Waals surface area contributed by atoms with Crippen LogP contribution in [-0.2, 0) is 0 Å². The number of nitrogens with zero attached hydrogens (tertiary/aromatic N) is 2. The van der Waals surface area contributed by atoms with Crippen LogP contribution in [0.4, 0.5) is 14.5 Å². The molecular formula is C20H19F2N3O3. The smallest absolute Gasteiger partial charge is 0.387 e. The lowest BCUT2D eigenvalue weighted by Gasteiger charge is -2.12. The Kier molecular flexibility index (Phi) is 5.58. The van der Waals surface area contributed by atoms with Crippen LogP contribution in [-0.4, -0.2) is 29.4 Å². The van der Waals surface area contributed by atoms with Crippen molar-refractivity contribution in [3.8, 4) is 17.2 Å². The predicted molar refractivity (Wildman–Crippen MR) is 101 cm³/mol. The normalized spacial score (nSPS) is 10.8. The second-order valence-electron chi connectivity index (χ2n) is 5.99. The summed E-state index contributed by atoms with van der Waals surface area (Å²) in [5.74, 6) is -0.381. The Morgan fingerprint density at radius 1 is 1.11 bits per heavy atom. The van der Waals surface area contributed by atoms with Gasteiger partial charge in [0.05, 0.1) is 29.7 Å². The van der Waals surface area contributed by atoms with Gasteiger partial charge in [-0.15, -0.1) is 0 Å². The molecule has 1 aromatic heterocycles. The third-order valence-corrected chi connectivity index (χ3v) is 4.16. The number of aromatic nitrogens is 2. The fourth-order valence-electron chi connectivity index (χ4n) is 2.92. The number of anilines is 1. The number of nitrogens with one attached hydrogen (secondary N) is 1. The predicted octanol–water partition coefficient (Wildman–Crippen LogP) is 4.35. The first-order valence-corrected chi connectivity index (χ1v) is 8.46. The maximum atomic E-state index is 12.8. The number of para-hydroxylation sites is 1. The van der Waals surface area contributed by atoms with Gasteiger partial charge in [0.2, 0.25) is 0 Å². The van der Waals surface area contributed by atoms with Crippen LogP contribution in [0, 0.1) is 13.8 Å². The minimum absolute atomic E-state index is 0.0894. The summed E-state index contributed by atoms with van der Waals surface area (Å²) in [6, 6.07) is 13.7. The molecule has 0 unspecified atom stereocenters. The van der Waals surface area contributed by atoms with Gasteiger partial charge in [-0.05, 0) is 38.1 Å². The fourth-order valence-corrected chi connectivity index (χ4v) is 2.92. The number of alkyl halides is 2. The van der Waals surface area contributed by atoms with E-state index in [0.717, 1.165) is 5.69 Å². The van der Waals surface area contributed by atoms with Crippen molar-refractivity contribution >= 4 is 11.6 Å².